The molecule has 1 rings (SSSR count). The van der Waals surface area contributed by atoms with Gasteiger partial charge < -0.3 is 9.47 Å². The van der Waals surface area contributed by atoms with E-state index < -0.39 is 0 Å². The molecule has 0 spiro atoms. The first-order valence-corrected chi connectivity index (χ1v) is 6.77. The lowest BCUT2D eigenvalue weighted by Crippen LogP contribution is -2.03. The lowest BCUT2D eigenvalue weighted by Gasteiger charge is -2.19. The molecule has 1 unspecified atom stereocenters. The van der Waals surface area contributed by atoms with Gasteiger partial charge in [0.15, 0.2) is 0 Å². The summed E-state index contributed by atoms with van der Waals surface area (Å²) in [5.41, 5.74) is 1.23. The Kier molecular flexibility index (Phi) is 6.34. The summed E-state index contributed by atoms with van der Waals surface area (Å²) in [5.74, 6) is 2.33. The number of allylic oxidation sites excluding steroid dienone is 1. The minimum atomic E-state index is 0.449. The summed E-state index contributed by atoms with van der Waals surface area (Å²) in [4.78, 5) is 0. The van der Waals surface area contributed by atoms with Crippen molar-refractivity contribution in [2.24, 2.45) is 0 Å². The van der Waals surface area contributed by atoms with E-state index in [4.69, 9.17) is 9.47 Å². The van der Waals surface area contributed by atoms with Crippen LogP contribution in [0.1, 0.15) is 45.1 Å². The van der Waals surface area contributed by atoms with E-state index in [0.29, 0.717) is 19.1 Å². The van der Waals surface area contributed by atoms with Gasteiger partial charge in [0, 0.05) is 5.56 Å². The molecule has 0 saturated carbocycles. The van der Waals surface area contributed by atoms with Gasteiger partial charge in [0.25, 0.3) is 0 Å². The van der Waals surface area contributed by atoms with Crippen molar-refractivity contribution >= 4 is 0 Å². The van der Waals surface area contributed by atoms with E-state index in [-0.39, 0.29) is 0 Å². The molecule has 100 valence electrons. The molecule has 0 heterocycles. The van der Waals surface area contributed by atoms with Gasteiger partial charge in [-0.05, 0) is 50.8 Å². The van der Waals surface area contributed by atoms with Crippen LogP contribution in [0.3, 0.4) is 0 Å². The normalized spacial score (nSPS) is 11.9. The fourth-order valence-electron chi connectivity index (χ4n) is 2.10. The van der Waals surface area contributed by atoms with Gasteiger partial charge in [-0.3, -0.25) is 0 Å². The lowest BCUT2D eigenvalue weighted by atomic mass is 9.92. The van der Waals surface area contributed by atoms with Gasteiger partial charge in [-0.2, -0.15) is 0 Å². The van der Waals surface area contributed by atoms with Crippen LogP contribution in [0.25, 0.3) is 0 Å². The highest BCUT2D eigenvalue weighted by Crippen LogP contribution is 2.34. The molecule has 0 bridgehead atoms. The highest BCUT2D eigenvalue weighted by atomic mass is 16.5. The summed E-state index contributed by atoms with van der Waals surface area (Å²) in [5, 5.41) is 0. The van der Waals surface area contributed by atoms with Gasteiger partial charge in [0.1, 0.15) is 11.5 Å². The van der Waals surface area contributed by atoms with E-state index in [1.54, 1.807) is 0 Å². The number of rotatable bonds is 8. The molecule has 1 aromatic rings. The second kappa shape index (κ2) is 7.80. The van der Waals surface area contributed by atoms with E-state index in [2.05, 4.69) is 19.6 Å². The minimum Gasteiger partial charge on any atom is -0.494 e. The monoisotopic (exact) mass is 248 g/mol. The zero-order valence-corrected chi connectivity index (χ0v) is 11.7. The van der Waals surface area contributed by atoms with Gasteiger partial charge in [-0.15, -0.1) is 6.58 Å². The van der Waals surface area contributed by atoms with Crippen LogP contribution in [-0.4, -0.2) is 13.2 Å². The van der Waals surface area contributed by atoms with Crippen LogP contribution in [0.15, 0.2) is 30.9 Å². The third-order valence-corrected chi connectivity index (χ3v) is 2.98. The molecule has 0 N–H and O–H groups in total. The third-order valence-electron chi connectivity index (χ3n) is 2.98. The van der Waals surface area contributed by atoms with Crippen LogP contribution < -0.4 is 9.47 Å². The molecule has 0 saturated heterocycles. The van der Waals surface area contributed by atoms with Crippen molar-refractivity contribution in [1.29, 1.82) is 0 Å². The molecule has 0 aromatic heterocycles. The van der Waals surface area contributed by atoms with Crippen LogP contribution in [0.5, 0.6) is 11.5 Å². The summed E-state index contributed by atoms with van der Waals surface area (Å²) in [7, 11) is 0. The Bertz CT molecular complexity index is 371. The van der Waals surface area contributed by atoms with Crippen molar-refractivity contribution < 1.29 is 9.47 Å². The zero-order valence-electron chi connectivity index (χ0n) is 11.7. The number of ether oxygens (including phenoxy) is 2. The lowest BCUT2D eigenvalue weighted by molar-refractivity contribution is 0.325. The van der Waals surface area contributed by atoms with Crippen molar-refractivity contribution in [3.05, 3.63) is 36.4 Å². The fourth-order valence-corrected chi connectivity index (χ4v) is 2.10. The van der Waals surface area contributed by atoms with Crippen LogP contribution in [0, 0.1) is 0 Å². The molecular formula is C16H24O2. The van der Waals surface area contributed by atoms with E-state index in [9.17, 15) is 0 Å². The molecule has 0 radical (unpaired) electrons. The summed E-state index contributed by atoms with van der Waals surface area (Å²) in [6, 6.07) is 6.08. The summed E-state index contributed by atoms with van der Waals surface area (Å²) < 4.78 is 11.3. The highest BCUT2D eigenvalue weighted by molar-refractivity contribution is 5.42. The molecule has 0 aliphatic carbocycles. The quantitative estimate of drug-likeness (QED) is 0.628. The van der Waals surface area contributed by atoms with Crippen molar-refractivity contribution in [3.63, 3.8) is 0 Å². The summed E-state index contributed by atoms with van der Waals surface area (Å²) in [6.07, 6.45) is 4.01. The molecular weight excluding hydrogens is 224 g/mol. The van der Waals surface area contributed by atoms with Gasteiger partial charge >= 0.3 is 0 Å². The number of benzene rings is 1. The topological polar surface area (TPSA) is 18.5 Å². The molecule has 2 nitrogen and oxygen atoms in total. The molecule has 1 atom stereocenters. The average Bonchev–Trinajstić information content (AvgIpc) is 2.38. The Balaban J connectivity index is 3.07. The van der Waals surface area contributed by atoms with Crippen LogP contribution >= 0.6 is 0 Å². The maximum Gasteiger partial charge on any atom is 0.123 e. The maximum absolute atomic E-state index is 5.71. The van der Waals surface area contributed by atoms with Crippen molar-refractivity contribution in [2.75, 3.05) is 13.2 Å². The van der Waals surface area contributed by atoms with Crippen molar-refractivity contribution in [3.8, 4) is 11.5 Å². The Morgan fingerprint density at radius 2 is 1.89 bits per heavy atom. The Morgan fingerprint density at radius 1 is 1.17 bits per heavy atom. The molecule has 0 aliphatic rings. The second-order valence-electron chi connectivity index (χ2n) is 4.20. The second-order valence-corrected chi connectivity index (χ2v) is 4.20. The molecule has 0 fully saturated rings. The Labute approximate surface area is 111 Å². The predicted octanol–water partition coefficient (Wildman–Crippen LogP) is 4.55. The van der Waals surface area contributed by atoms with E-state index >= 15 is 0 Å². The smallest absolute Gasteiger partial charge is 0.123 e. The zero-order chi connectivity index (χ0) is 13.4. The highest BCUT2D eigenvalue weighted by Gasteiger charge is 2.14. The van der Waals surface area contributed by atoms with Gasteiger partial charge in [-0.1, -0.05) is 13.0 Å². The maximum atomic E-state index is 5.71. The van der Waals surface area contributed by atoms with E-state index in [0.717, 1.165) is 24.3 Å². The minimum absolute atomic E-state index is 0.449. The van der Waals surface area contributed by atoms with Gasteiger partial charge in [0.2, 0.25) is 0 Å². The molecule has 0 aliphatic heterocycles. The predicted molar refractivity (Wildman–Crippen MR) is 76.6 cm³/mol. The third kappa shape index (κ3) is 3.80. The molecule has 1 aromatic carbocycles. The van der Waals surface area contributed by atoms with Gasteiger partial charge in [-0.25, -0.2) is 0 Å². The summed E-state index contributed by atoms with van der Waals surface area (Å²) in [6.45, 7) is 11.4. The Hall–Kier alpha value is -1.44. The number of hydrogen-bond donors (Lipinski definition) is 0. The van der Waals surface area contributed by atoms with Crippen LogP contribution in [0.4, 0.5) is 0 Å². The van der Waals surface area contributed by atoms with Crippen molar-refractivity contribution in [1.82, 2.24) is 0 Å². The SMILES string of the molecule is C=CCC(CC)c1cc(OCC)ccc1OCC. The molecule has 18 heavy (non-hydrogen) atoms. The average molecular weight is 248 g/mol. The standard InChI is InChI=1S/C16H24O2/c1-5-9-13(6-2)15-12-14(17-7-3)10-11-16(15)18-8-4/h5,10-13H,1,6-9H2,2-4H3. The van der Waals surface area contributed by atoms with E-state index in [1.807, 2.05) is 32.1 Å². The fraction of sp³-hybridized carbons (Fsp3) is 0.500. The first-order valence-electron chi connectivity index (χ1n) is 6.77. The van der Waals surface area contributed by atoms with Crippen LogP contribution in [0.2, 0.25) is 0 Å². The molecule has 2 heteroatoms. The van der Waals surface area contributed by atoms with Crippen LogP contribution in [-0.2, 0) is 0 Å². The first-order chi connectivity index (χ1) is 8.76. The van der Waals surface area contributed by atoms with Gasteiger partial charge in [0.05, 0.1) is 13.2 Å². The summed E-state index contributed by atoms with van der Waals surface area (Å²) >= 11 is 0. The largest absolute Gasteiger partial charge is 0.494 e. The van der Waals surface area contributed by atoms with Crippen molar-refractivity contribution in [2.45, 2.75) is 39.5 Å². The Morgan fingerprint density at radius 3 is 2.44 bits per heavy atom. The number of hydrogen-bond acceptors (Lipinski definition) is 2. The molecule has 0 amide bonds. The van der Waals surface area contributed by atoms with E-state index in [1.165, 1.54) is 5.56 Å². The first kappa shape index (κ1) is 14.6.